The Kier molecular flexibility index (Phi) is 4.76. The lowest BCUT2D eigenvalue weighted by molar-refractivity contribution is -0.00200. The van der Waals surface area contributed by atoms with Crippen molar-refractivity contribution in [1.82, 2.24) is 0 Å². The third kappa shape index (κ3) is 3.48. The molecule has 4 aliphatic carbocycles. The van der Waals surface area contributed by atoms with Gasteiger partial charge in [0.15, 0.2) is 17.9 Å². The molecule has 4 fully saturated rings. The predicted octanol–water partition coefficient (Wildman–Crippen LogP) is 5.00. The fourth-order valence-electron chi connectivity index (χ4n) is 6.56. The summed E-state index contributed by atoms with van der Waals surface area (Å²) in [5.74, 6) is 0.327. The lowest BCUT2D eigenvalue weighted by Gasteiger charge is -2.60. The zero-order valence-electron chi connectivity index (χ0n) is 17.6. The first-order chi connectivity index (χ1) is 14.9. The summed E-state index contributed by atoms with van der Waals surface area (Å²) in [6, 6.07) is 9.83. The lowest BCUT2D eigenvalue weighted by atomic mass is 9.52. The smallest absolute Gasteiger partial charge is 0.255 e. The lowest BCUT2D eigenvalue weighted by Crippen LogP contribution is -2.59. The molecule has 0 aromatic heterocycles. The number of carbonyl (C=O) groups excluding carboxylic acids is 2. The maximum atomic E-state index is 13.8. The Morgan fingerprint density at radius 3 is 2.23 bits per heavy atom. The molecule has 0 saturated heterocycles. The number of carbonyl (C=O) groups is 2. The van der Waals surface area contributed by atoms with Crippen LogP contribution in [0.4, 0.5) is 15.8 Å². The highest BCUT2D eigenvalue weighted by Crippen LogP contribution is 2.58. The highest BCUT2D eigenvalue weighted by atomic mass is 19.1. The van der Waals surface area contributed by atoms with Gasteiger partial charge < -0.3 is 15.3 Å². The number of amides is 1. The summed E-state index contributed by atoms with van der Waals surface area (Å²) < 4.78 is 13.8. The number of benzene rings is 2. The number of phenols is 1. The highest BCUT2D eigenvalue weighted by molar-refractivity contribution is 6.05. The minimum Gasteiger partial charge on any atom is -0.504 e. The van der Waals surface area contributed by atoms with E-state index < -0.39 is 17.5 Å². The molecule has 5 nitrogen and oxygen atoms in total. The molecule has 31 heavy (non-hydrogen) atoms. The summed E-state index contributed by atoms with van der Waals surface area (Å²) in [5.41, 5.74) is 1.71. The summed E-state index contributed by atoms with van der Waals surface area (Å²) in [6.07, 6.45) is 8.37. The molecule has 2 N–H and O–H groups in total. The van der Waals surface area contributed by atoms with E-state index in [0.717, 1.165) is 29.5 Å². The van der Waals surface area contributed by atoms with Crippen molar-refractivity contribution >= 4 is 23.6 Å². The molecule has 0 spiro atoms. The second-order valence-corrected chi connectivity index (χ2v) is 9.72. The van der Waals surface area contributed by atoms with E-state index >= 15 is 0 Å². The number of nitrogens with zero attached hydrogens (tertiary/aromatic N) is 1. The van der Waals surface area contributed by atoms with Crippen molar-refractivity contribution < 1.29 is 19.1 Å². The Labute approximate surface area is 181 Å². The van der Waals surface area contributed by atoms with E-state index in [2.05, 4.69) is 17.3 Å². The first-order valence-corrected chi connectivity index (χ1v) is 11.0. The van der Waals surface area contributed by atoms with Gasteiger partial charge in [-0.15, -0.1) is 0 Å². The predicted molar refractivity (Wildman–Crippen MR) is 117 cm³/mol. The molecule has 0 radical (unpaired) electrons. The average molecular weight is 423 g/mol. The molecule has 0 atom stereocenters. The van der Waals surface area contributed by atoms with Gasteiger partial charge in [-0.05, 0) is 92.7 Å². The second-order valence-electron chi connectivity index (χ2n) is 9.72. The minimum atomic E-state index is -0.998. The topological polar surface area (TPSA) is 69.6 Å². The van der Waals surface area contributed by atoms with Gasteiger partial charge in [-0.2, -0.15) is 0 Å². The van der Waals surface area contributed by atoms with Gasteiger partial charge in [-0.1, -0.05) is 0 Å². The van der Waals surface area contributed by atoms with Gasteiger partial charge in [0.1, 0.15) is 0 Å². The number of nitrogens with one attached hydrogen (secondary N) is 1. The number of aldehydes is 1. The van der Waals surface area contributed by atoms with Crippen molar-refractivity contribution in [3.63, 3.8) is 0 Å². The summed E-state index contributed by atoms with van der Waals surface area (Å²) in [4.78, 5) is 25.9. The zero-order valence-corrected chi connectivity index (χ0v) is 17.6. The molecule has 0 unspecified atom stereocenters. The van der Waals surface area contributed by atoms with E-state index in [-0.39, 0.29) is 16.7 Å². The van der Waals surface area contributed by atoms with Crippen LogP contribution in [0.25, 0.3) is 0 Å². The van der Waals surface area contributed by atoms with Gasteiger partial charge in [0, 0.05) is 29.5 Å². The van der Waals surface area contributed by atoms with Crippen molar-refractivity contribution in [3.8, 4) is 5.75 Å². The summed E-state index contributed by atoms with van der Waals surface area (Å²) in [5, 5.41) is 12.3. The van der Waals surface area contributed by atoms with Gasteiger partial charge in [0.25, 0.3) is 5.91 Å². The largest absolute Gasteiger partial charge is 0.504 e. The number of hydrogen-bond acceptors (Lipinski definition) is 4. The quantitative estimate of drug-likeness (QED) is 0.665. The maximum absolute atomic E-state index is 13.8. The molecule has 6 heteroatoms. The van der Waals surface area contributed by atoms with Gasteiger partial charge in [-0.25, -0.2) is 4.39 Å². The summed E-state index contributed by atoms with van der Waals surface area (Å²) >= 11 is 0. The van der Waals surface area contributed by atoms with Crippen molar-refractivity contribution in [2.45, 2.75) is 44.1 Å². The first-order valence-electron chi connectivity index (χ1n) is 11.0. The number of hydrogen-bond donors (Lipinski definition) is 2. The van der Waals surface area contributed by atoms with Crippen LogP contribution in [0.15, 0.2) is 36.4 Å². The molecular formula is C25H27FN2O3. The molecule has 162 valence electrons. The third-order valence-electron chi connectivity index (χ3n) is 7.71. The number of phenolic OH excluding ortho intramolecular Hbond substituents is 1. The van der Waals surface area contributed by atoms with Gasteiger partial charge >= 0.3 is 0 Å². The first kappa shape index (κ1) is 20.0. The fourth-order valence-corrected chi connectivity index (χ4v) is 6.56. The number of halogens is 1. The molecule has 2 aromatic carbocycles. The van der Waals surface area contributed by atoms with Crippen molar-refractivity contribution in [2.24, 2.45) is 17.8 Å². The van der Waals surface area contributed by atoms with E-state index in [1.165, 1.54) is 44.6 Å². The van der Waals surface area contributed by atoms with Crippen LogP contribution in [0, 0.1) is 23.6 Å². The molecular weight excluding hydrogens is 395 g/mol. The Bertz CT molecular complexity index is 999. The molecule has 4 bridgehead atoms. The van der Waals surface area contributed by atoms with Crippen LogP contribution >= 0.6 is 0 Å². The van der Waals surface area contributed by atoms with E-state index in [1.807, 2.05) is 24.3 Å². The second kappa shape index (κ2) is 7.36. The van der Waals surface area contributed by atoms with E-state index in [1.54, 1.807) is 0 Å². The Balaban J connectivity index is 1.31. The Morgan fingerprint density at radius 1 is 1.10 bits per heavy atom. The van der Waals surface area contributed by atoms with Crippen LogP contribution in [-0.2, 0) is 0 Å². The molecule has 0 aliphatic heterocycles. The van der Waals surface area contributed by atoms with Gasteiger partial charge in [-0.3, -0.25) is 9.59 Å². The standard InChI is InChI=1S/C25H27FN2O3/c1-28(25-11-15-6-16(12-25)8-17(7-15)13-25)21-4-2-20(3-5-21)27-24(31)18-9-19(14-29)23(30)22(26)10-18/h2-5,9-10,14-17,30H,6-8,11-13H2,1H3,(H,27,31). The van der Waals surface area contributed by atoms with E-state index in [4.69, 9.17) is 0 Å². The zero-order chi connectivity index (χ0) is 21.8. The van der Waals surface area contributed by atoms with Crippen LogP contribution in [-0.4, -0.2) is 29.9 Å². The molecule has 4 saturated carbocycles. The van der Waals surface area contributed by atoms with Crippen LogP contribution < -0.4 is 10.2 Å². The molecule has 1 amide bonds. The van der Waals surface area contributed by atoms with Crippen LogP contribution in [0.2, 0.25) is 0 Å². The molecule has 2 aromatic rings. The molecule has 4 aliphatic rings. The van der Waals surface area contributed by atoms with Crippen LogP contribution in [0.3, 0.4) is 0 Å². The minimum absolute atomic E-state index is 0.0211. The van der Waals surface area contributed by atoms with Gasteiger partial charge in [0.05, 0.1) is 5.56 Å². The summed E-state index contributed by atoms with van der Waals surface area (Å²) in [6.45, 7) is 0. The van der Waals surface area contributed by atoms with Crippen LogP contribution in [0.5, 0.6) is 5.75 Å². The number of anilines is 2. The molecule has 6 rings (SSSR count). The van der Waals surface area contributed by atoms with E-state index in [9.17, 15) is 19.1 Å². The van der Waals surface area contributed by atoms with E-state index in [0.29, 0.717) is 12.0 Å². The van der Waals surface area contributed by atoms with Crippen molar-refractivity contribution in [1.29, 1.82) is 0 Å². The third-order valence-corrected chi connectivity index (χ3v) is 7.71. The van der Waals surface area contributed by atoms with Crippen molar-refractivity contribution in [2.75, 3.05) is 17.3 Å². The van der Waals surface area contributed by atoms with Crippen LogP contribution in [0.1, 0.15) is 59.2 Å². The fraction of sp³-hybridized carbons (Fsp3) is 0.440. The van der Waals surface area contributed by atoms with Crippen molar-refractivity contribution in [3.05, 3.63) is 53.3 Å². The monoisotopic (exact) mass is 422 g/mol. The summed E-state index contributed by atoms with van der Waals surface area (Å²) in [7, 11) is 2.20. The Morgan fingerprint density at radius 2 is 1.68 bits per heavy atom. The number of aromatic hydroxyl groups is 1. The molecule has 0 heterocycles. The Hall–Kier alpha value is -2.89. The number of rotatable bonds is 5. The highest BCUT2D eigenvalue weighted by Gasteiger charge is 2.52. The maximum Gasteiger partial charge on any atom is 0.255 e. The normalized spacial score (nSPS) is 28.4. The average Bonchev–Trinajstić information content (AvgIpc) is 2.74. The SMILES string of the molecule is CN(c1ccc(NC(=O)c2cc(F)c(O)c(C=O)c2)cc1)C12CC3CC(CC(C3)C1)C2. The van der Waals surface area contributed by atoms with Gasteiger partial charge in [0.2, 0.25) is 0 Å².